The average Bonchev–Trinajstić information content (AvgIpc) is 2.39. The van der Waals surface area contributed by atoms with Crippen LogP contribution in [0.15, 0.2) is 0 Å². The third-order valence-electron chi connectivity index (χ3n) is 3.94. The maximum atomic E-state index is 12.3. The standard InChI is InChI=1S/C12H20N2O4/c13-12(3-7-18-8-4-12)11(17)14-5-1-9(2-6-14)10(15)16/h9H,1-8,13H2,(H,15,16). The maximum Gasteiger partial charge on any atom is 0.306 e. The monoisotopic (exact) mass is 256 g/mol. The Morgan fingerprint density at radius 1 is 1.22 bits per heavy atom. The van der Waals surface area contributed by atoms with E-state index in [4.69, 9.17) is 15.6 Å². The number of nitrogens with zero attached hydrogens (tertiary/aromatic N) is 1. The van der Waals surface area contributed by atoms with E-state index in [0.717, 1.165) is 0 Å². The number of amides is 1. The van der Waals surface area contributed by atoms with E-state index in [2.05, 4.69) is 0 Å². The first-order valence-corrected chi connectivity index (χ1v) is 6.42. The molecule has 6 nitrogen and oxygen atoms in total. The highest BCUT2D eigenvalue weighted by molar-refractivity contribution is 5.86. The maximum absolute atomic E-state index is 12.3. The van der Waals surface area contributed by atoms with Crippen molar-refractivity contribution in [2.75, 3.05) is 26.3 Å². The fourth-order valence-electron chi connectivity index (χ4n) is 2.59. The van der Waals surface area contributed by atoms with Crippen LogP contribution in [-0.4, -0.2) is 53.7 Å². The van der Waals surface area contributed by atoms with Gasteiger partial charge in [-0.2, -0.15) is 0 Å². The van der Waals surface area contributed by atoms with Gasteiger partial charge in [-0.25, -0.2) is 0 Å². The lowest BCUT2D eigenvalue weighted by Crippen LogP contribution is -2.59. The first-order valence-electron chi connectivity index (χ1n) is 6.42. The van der Waals surface area contributed by atoms with Crippen molar-refractivity contribution in [2.45, 2.75) is 31.2 Å². The molecule has 2 fully saturated rings. The minimum absolute atomic E-state index is 0.0466. The number of ether oxygens (including phenoxy) is 1. The Balaban J connectivity index is 1.92. The van der Waals surface area contributed by atoms with Crippen molar-refractivity contribution >= 4 is 11.9 Å². The molecular formula is C12H20N2O4. The Morgan fingerprint density at radius 3 is 2.28 bits per heavy atom. The van der Waals surface area contributed by atoms with E-state index in [1.165, 1.54) is 0 Å². The summed E-state index contributed by atoms with van der Waals surface area (Å²) in [6, 6.07) is 0. The fourth-order valence-corrected chi connectivity index (χ4v) is 2.59. The smallest absolute Gasteiger partial charge is 0.306 e. The Bertz CT molecular complexity index is 331. The van der Waals surface area contributed by atoms with Gasteiger partial charge in [0.2, 0.25) is 5.91 Å². The summed E-state index contributed by atoms with van der Waals surface area (Å²) in [5.74, 6) is -1.14. The van der Waals surface area contributed by atoms with E-state index in [1.54, 1.807) is 4.90 Å². The zero-order valence-electron chi connectivity index (χ0n) is 10.4. The lowest BCUT2D eigenvalue weighted by atomic mass is 9.88. The van der Waals surface area contributed by atoms with Gasteiger partial charge in [-0.05, 0) is 25.7 Å². The number of hydrogen-bond acceptors (Lipinski definition) is 4. The van der Waals surface area contributed by atoms with Crippen LogP contribution >= 0.6 is 0 Å². The summed E-state index contributed by atoms with van der Waals surface area (Å²) in [6.45, 7) is 2.03. The van der Waals surface area contributed by atoms with Gasteiger partial charge in [-0.3, -0.25) is 9.59 Å². The van der Waals surface area contributed by atoms with E-state index < -0.39 is 11.5 Å². The number of carboxylic acids is 1. The summed E-state index contributed by atoms with van der Waals surface area (Å²) < 4.78 is 5.22. The summed E-state index contributed by atoms with van der Waals surface area (Å²) in [7, 11) is 0. The molecule has 0 bridgehead atoms. The largest absolute Gasteiger partial charge is 0.481 e. The van der Waals surface area contributed by atoms with Gasteiger partial charge in [0.25, 0.3) is 0 Å². The topological polar surface area (TPSA) is 92.9 Å². The summed E-state index contributed by atoms with van der Waals surface area (Å²) >= 11 is 0. The van der Waals surface area contributed by atoms with Crippen LogP contribution in [0.5, 0.6) is 0 Å². The Labute approximate surface area is 106 Å². The van der Waals surface area contributed by atoms with Gasteiger partial charge in [0, 0.05) is 26.3 Å². The van der Waals surface area contributed by atoms with Gasteiger partial charge in [-0.1, -0.05) is 0 Å². The van der Waals surface area contributed by atoms with Crippen molar-refractivity contribution in [2.24, 2.45) is 11.7 Å². The van der Waals surface area contributed by atoms with Gasteiger partial charge in [0.05, 0.1) is 11.5 Å². The van der Waals surface area contributed by atoms with Crippen molar-refractivity contribution in [3.8, 4) is 0 Å². The van der Waals surface area contributed by atoms with Gasteiger partial charge >= 0.3 is 5.97 Å². The van der Waals surface area contributed by atoms with Gasteiger partial charge in [-0.15, -0.1) is 0 Å². The molecule has 0 saturated carbocycles. The van der Waals surface area contributed by atoms with Crippen LogP contribution in [0.25, 0.3) is 0 Å². The van der Waals surface area contributed by atoms with Crippen LogP contribution in [0.1, 0.15) is 25.7 Å². The Hall–Kier alpha value is -1.14. The van der Waals surface area contributed by atoms with Crippen molar-refractivity contribution in [3.05, 3.63) is 0 Å². The van der Waals surface area contributed by atoms with Crippen LogP contribution < -0.4 is 5.73 Å². The second-order valence-corrected chi connectivity index (χ2v) is 5.17. The molecule has 2 saturated heterocycles. The molecule has 1 amide bonds. The molecule has 0 unspecified atom stereocenters. The number of rotatable bonds is 2. The Kier molecular flexibility index (Phi) is 3.87. The van der Waals surface area contributed by atoms with Crippen LogP contribution in [0, 0.1) is 5.92 Å². The number of aliphatic carboxylic acids is 1. The minimum Gasteiger partial charge on any atom is -0.481 e. The molecule has 0 aromatic carbocycles. The van der Waals surface area contributed by atoms with Crippen LogP contribution in [0.4, 0.5) is 0 Å². The molecule has 0 radical (unpaired) electrons. The quantitative estimate of drug-likeness (QED) is 0.714. The molecule has 0 atom stereocenters. The molecule has 102 valence electrons. The molecule has 2 heterocycles. The first-order chi connectivity index (χ1) is 8.53. The molecule has 0 aromatic rings. The summed E-state index contributed by atoms with van der Waals surface area (Å²) in [4.78, 5) is 24.9. The predicted molar refractivity (Wildman–Crippen MR) is 63.9 cm³/mol. The normalized spacial score (nSPS) is 24.8. The lowest BCUT2D eigenvalue weighted by molar-refractivity contribution is -0.148. The molecule has 2 rings (SSSR count). The lowest BCUT2D eigenvalue weighted by Gasteiger charge is -2.39. The average molecular weight is 256 g/mol. The van der Waals surface area contributed by atoms with Crippen LogP contribution in [0.3, 0.4) is 0 Å². The minimum atomic E-state index is -0.811. The number of piperidine rings is 1. The number of carbonyl (C=O) groups excluding carboxylic acids is 1. The van der Waals surface area contributed by atoms with Gasteiger partial charge in [0.1, 0.15) is 0 Å². The van der Waals surface area contributed by atoms with E-state index in [9.17, 15) is 9.59 Å². The van der Waals surface area contributed by atoms with Crippen LogP contribution in [0.2, 0.25) is 0 Å². The summed E-state index contributed by atoms with van der Waals surface area (Å²) in [5.41, 5.74) is 5.33. The fraction of sp³-hybridized carbons (Fsp3) is 0.833. The first kappa shape index (κ1) is 13.3. The third kappa shape index (κ3) is 2.64. The summed E-state index contributed by atoms with van der Waals surface area (Å²) in [6.07, 6.45) is 2.14. The number of carbonyl (C=O) groups is 2. The van der Waals surface area contributed by atoms with Crippen molar-refractivity contribution < 1.29 is 19.4 Å². The van der Waals surface area contributed by atoms with E-state index in [-0.39, 0.29) is 11.8 Å². The van der Waals surface area contributed by atoms with Crippen molar-refractivity contribution in [3.63, 3.8) is 0 Å². The third-order valence-corrected chi connectivity index (χ3v) is 3.94. The van der Waals surface area contributed by atoms with Gasteiger partial charge in [0.15, 0.2) is 0 Å². The number of carboxylic acid groups (broad SMARTS) is 1. The molecule has 3 N–H and O–H groups in total. The second kappa shape index (κ2) is 5.24. The highest BCUT2D eigenvalue weighted by Crippen LogP contribution is 2.24. The summed E-state index contributed by atoms with van der Waals surface area (Å²) in [5, 5.41) is 8.92. The van der Waals surface area contributed by atoms with Gasteiger partial charge < -0.3 is 20.5 Å². The molecular weight excluding hydrogens is 236 g/mol. The molecule has 2 aliphatic heterocycles. The number of nitrogens with two attached hydrogens (primary N) is 1. The highest BCUT2D eigenvalue weighted by atomic mass is 16.5. The molecule has 0 spiro atoms. The SMILES string of the molecule is NC1(C(=O)N2CCC(C(=O)O)CC2)CCOCC1. The molecule has 0 aromatic heterocycles. The number of likely N-dealkylation sites (tertiary alicyclic amines) is 1. The number of hydrogen-bond donors (Lipinski definition) is 2. The van der Waals surface area contributed by atoms with E-state index in [0.29, 0.717) is 52.0 Å². The van der Waals surface area contributed by atoms with Crippen molar-refractivity contribution in [1.82, 2.24) is 4.90 Å². The Morgan fingerprint density at radius 2 is 1.78 bits per heavy atom. The van der Waals surface area contributed by atoms with Crippen molar-refractivity contribution in [1.29, 1.82) is 0 Å². The van der Waals surface area contributed by atoms with E-state index >= 15 is 0 Å². The molecule has 2 aliphatic rings. The zero-order valence-corrected chi connectivity index (χ0v) is 10.4. The van der Waals surface area contributed by atoms with Crippen LogP contribution in [-0.2, 0) is 14.3 Å². The molecule has 0 aliphatic carbocycles. The highest BCUT2D eigenvalue weighted by Gasteiger charge is 2.40. The zero-order chi connectivity index (χ0) is 13.2. The molecule has 6 heteroatoms. The molecule has 18 heavy (non-hydrogen) atoms. The van der Waals surface area contributed by atoms with E-state index in [1.807, 2.05) is 0 Å². The second-order valence-electron chi connectivity index (χ2n) is 5.17. The predicted octanol–water partition coefficient (Wildman–Crippen LogP) is -0.182.